The lowest BCUT2D eigenvalue weighted by atomic mass is 9.93. The van der Waals surface area contributed by atoms with Crippen molar-refractivity contribution in [3.63, 3.8) is 0 Å². The zero-order valence-corrected chi connectivity index (χ0v) is 17.4. The van der Waals surface area contributed by atoms with E-state index in [4.69, 9.17) is 17.3 Å². The van der Waals surface area contributed by atoms with Gasteiger partial charge in [-0.25, -0.2) is 0 Å². The molecule has 0 bridgehead atoms. The predicted octanol–water partition coefficient (Wildman–Crippen LogP) is 4.98. The van der Waals surface area contributed by atoms with Crippen LogP contribution in [-0.2, 0) is 0 Å². The summed E-state index contributed by atoms with van der Waals surface area (Å²) in [5.74, 6) is 0.487. The number of rotatable bonds is 10. The number of allylic oxidation sites excluding steroid dienone is 5. The van der Waals surface area contributed by atoms with E-state index in [-0.39, 0.29) is 0 Å². The van der Waals surface area contributed by atoms with E-state index in [1.54, 1.807) is 0 Å². The van der Waals surface area contributed by atoms with Crippen LogP contribution in [0.25, 0.3) is 16.6 Å². The maximum absolute atomic E-state index is 5.92. The predicted molar refractivity (Wildman–Crippen MR) is 118 cm³/mol. The van der Waals surface area contributed by atoms with E-state index >= 15 is 0 Å². The van der Waals surface area contributed by atoms with Gasteiger partial charge in [0.1, 0.15) is 0 Å². The third-order valence-electron chi connectivity index (χ3n) is 4.95. The normalized spacial score (nSPS) is 13.8. The summed E-state index contributed by atoms with van der Waals surface area (Å²) in [7, 11) is 2.13. The van der Waals surface area contributed by atoms with Crippen molar-refractivity contribution >= 4 is 28.2 Å². The number of fused-ring (bicyclic) bond motifs is 1. The van der Waals surface area contributed by atoms with Crippen molar-refractivity contribution in [3.05, 3.63) is 60.1 Å². The molecule has 0 spiro atoms. The molecule has 0 amide bonds. The maximum Gasteiger partial charge on any atom is 0.0715 e. The second-order valence-corrected chi connectivity index (χ2v) is 7.31. The zero-order valence-electron chi connectivity index (χ0n) is 16.7. The van der Waals surface area contributed by atoms with E-state index in [0.717, 1.165) is 37.1 Å². The van der Waals surface area contributed by atoms with Crippen LogP contribution in [0.2, 0.25) is 0 Å². The van der Waals surface area contributed by atoms with Gasteiger partial charge in [0.2, 0.25) is 0 Å². The lowest BCUT2D eigenvalue weighted by Gasteiger charge is -2.20. The number of hydrogen-bond donors (Lipinski definition) is 1. The van der Waals surface area contributed by atoms with E-state index in [9.17, 15) is 0 Å². The molecule has 2 N–H and O–H groups in total. The van der Waals surface area contributed by atoms with Gasteiger partial charge in [0.05, 0.1) is 11.7 Å². The Morgan fingerprint density at radius 3 is 2.81 bits per heavy atom. The van der Waals surface area contributed by atoms with Gasteiger partial charge in [-0.1, -0.05) is 31.2 Å². The van der Waals surface area contributed by atoms with E-state index in [2.05, 4.69) is 53.3 Å². The topological polar surface area (TPSA) is 47.1 Å². The molecule has 0 aliphatic heterocycles. The van der Waals surface area contributed by atoms with Crippen LogP contribution in [0.4, 0.5) is 0 Å². The van der Waals surface area contributed by atoms with Gasteiger partial charge >= 0.3 is 0 Å². The summed E-state index contributed by atoms with van der Waals surface area (Å²) in [6, 6.07) is 2.12. The molecule has 2 aromatic rings. The number of hydrogen-bond acceptors (Lipinski definition) is 3. The summed E-state index contributed by atoms with van der Waals surface area (Å²) in [5.41, 5.74) is 9.21. The van der Waals surface area contributed by atoms with Crippen molar-refractivity contribution in [2.24, 2.45) is 5.73 Å². The molecule has 27 heavy (non-hydrogen) atoms. The quantitative estimate of drug-likeness (QED) is 0.586. The van der Waals surface area contributed by atoms with Gasteiger partial charge in [0, 0.05) is 41.6 Å². The molecule has 0 radical (unpaired) electrons. The number of nitrogens with zero attached hydrogens (tertiary/aromatic N) is 3. The lowest BCUT2D eigenvalue weighted by molar-refractivity contribution is 0.324. The van der Waals surface area contributed by atoms with Gasteiger partial charge in [-0.15, -0.1) is 0 Å². The monoisotopic (exact) mass is 386 g/mol. The van der Waals surface area contributed by atoms with Crippen molar-refractivity contribution in [3.8, 4) is 0 Å². The molecular weight excluding hydrogens is 356 g/mol. The van der Waals surface area contributed by atoms with Crippen molar-refractivity contribution in [1.82, 2.24) is 14.5 Å². The molecule has 0 aliphatic rings. The van der Waals surface area contributed by atoms with E-state index in [1.165, 1.54) is 10.9 Å². The number of halogens is 1. The molecule has 5 heteroatoms. The average molecular weight is 387 g/mol. The first-order valence-electron chi connectivity index (χ1n) is 9.54. The van der Waals surface area contributed by atoms with Crippen molar-refractivity contribution in [1.29, 1.82) is 0 Å². The Morgan fingerprint density at radius 2 is 2.19 bits per heavy atom. The van der Waals surface area contributed by atoms with Gasteiger partial charge in [0.25, 0.3) is 0 Å². The Labute approximate surface area is 168 Å². The van der Waals surface area contributed by atoms with Gasteiger partial charge in [-0.2, -0.15) is 0 Å². The van der Waals surface area contributed by atoms with Crippen LogP contribution in [0.1, 0.15) is 38.2 Å². The fraction of sp³-hybridized carbons (Fsp3) is 0.409. The van der Waals surface area contributed by atoms with Crippen LogP contribution in [0.5, 0.6) is 0 Å². The highest BCUT2D eigenvalue weighted by Gasteiger charge is 2.18. The first-order valence-corrected chi connectivity index (χ1v) is 9.92. The first kappa shape index (κ1) is 21.4. The molecule has 2 heterocycles. The molecule has 4 nitrogen and oxygen atoms in total. The molecule has 0 aliphatic carbocycles. The lowest BCUT2D eigenvalue weighted by Crippen LogP contribution is -2.27. The molecule has 0 fully saturated rings. The van der Waals surface area contributed by atoms with Gasteiger partial charge in [-0.3, -0.25) is 4.98 Å². The highest BCUT2D eigenvalue weighted by atomic mass is 35.5. The van der Waals surface area contributed by atoms with Crippen molar-refractivity contribution in [2.45, 2.75) is 32.6 Å². The molecule has 0 saturated heterocycles. The summed E-state index contributed by atoms with van der Waals surface area (Å²) in [6.45, 7) is 10.7. The van der Waals surface area contributed by atoms with Gasteiger partial charge < -0.3 is 15.2 Å². The van der Waals surface area contributed by atoms with Gasteiger partial charge in [0.15, 0.2) is 0 Å². The fourth-order valence-corrected chi connectivity index (χ4v) is 3.48. The van der Waals surface area contributed by atoms with Crippen LogP contribution >= 0.6 is 11.6 Å². The fourth-order valence-electron chi connectivity index (χ4n) is 3.42. The Bertz CT molecular complexity index is 819. The number of nitrogens with two attached hydrogens (primary N) is 1. The summed E-state index contributed by atoms with van der Waals surface area (Å²) in [5, 5.41) is 1.77. The third kappa shape index (κ3) is 5.55. The largest absolute Gasteiger partial charge is 0.329 e. The molecule has 1 atom stereocenters. The minimum atomic E-state index is 0.487. The van der Waals surface area contributed by atoms with Crippen LogP contribution < -0.4 is 5.73 Å². The smallest absolute Gasteiger partial charge is 0.0715 e. The van der Waals surface area contributed by atoms with Crippen LogP contribution in [0.15, 0.2) is 54.5 Å². The SMILES string of the molecule is C=C(Cl)/C=C\C(=C/C)n1cc(C(CC)CCN(C)CCN)c2ccncc21. The zero-order chi connectivity index (χ0) is 19.8. The number of pyridine rings is 1. The Hall–Kier alpha value is -1.88. The summed E-state index contributed by atoms with van der Waals surface area (Å²) >= 11 is 5.92. The Balaban J connectivity index is 2.41. The number of likely N-dealkylation sites (N-methyl/N-ethyl adjacent to an activating group) is 1. The van der Waals surface area contributed by atoms with Gasteiger partial charge in [-0.05, 0) is 63.1 Å². The second-order valence-electron chi connectivity index (χ2n) is 6.83. The standard InChI is InChI=1S/C22H31ClN4/c1-5-18(10-13-26(4)14-11-24)21-16-27(19(6-2)8-7-17(3)23)22-15-25-12-9-20(21)22/h6-9,12,15-16,18H,3,5,10-11,13-14,24H2,1-2,4H3/b8-7-,19-6+. The Morgan fingerprint density at radius 1 is 1.41 bits per heavy atom. The number of aromatic nitrogens is 2. The summed E-state index contributed by atoms with van der Waals surface area (Å²) in [4.78, 5) is 6.65. The molecule has 0 saturated carbocycles. The molecule has 2 aromatic heterocycles. The van der Waals surface area contributed by atoms with E-state index in [1.807, 2.05) is 31.5 Å². The molecule has 0 aromatic carbocycles. The van der Waals surface area contributed by atoms with Crippen LogP contribution in [0, 0.1) is 0 Å². The molecule has 146 valence electrons. The summed E-state index contributed by atoms with van der Waals surface area (Å²) < 4.78 is 2.19. The minimum Gasteiger partial charge on any atom is -0.329 e. The maximum atomic E-state index is 5.92. The van der Waals surface area contributed by atoms with Crippen LogP contribution in [-0.4, -0.2) is 41.1 Å². The van der Waals surface area contributed by atoms with Crippen molar-refractivity contribution in [2.75, 3.05) is 26.7 Å². The van der Waals surface area contributed by atoms with Crippen molar-refractivity contribution < 1.29 is 0 Å². The average Bonchev–Trinajstić information content (AvgIpc) is 3.03. The second kappa shape index (κ2) is 10.5. The molecule has 1 unspecified atom stereocenters. The van der Waals surface area contributed by atoms with E-state index < -0.39 is 0 Å². The highest BCUT2D eigenvalue weighted by molar-refractivity contribution is 6.30. The van der Waals surface area contributed by atoms with E-state index in [0.29, 0.717) is 17.5 Å². The Kier molecular flexibility index (Phi) is 8.29. The molecule has 2 rings (SSSR count). The molecular formula is C22H31ClN4. The first-order chi connectivity index (χ1) is 13.0. The minimum absolute atomic E-state index is 0.487. The van der Waals surface area contributed by atoms with Crippen LogP contribution in [0.3, 0.4) is 0 Å². The highest BCUT2D eigenvalue weighted by Crippen LogP contribution is 2.33. The summed E-state index contributed by atoms with van der Waals surface area (Å²) in [6.07, 6.45) is 14.1. The third-order valence-corrected chi connectivity index (χ3v) is 5.08.